The highest BCUT2D eigenvalue weighted by molar-refractivity contribution is 7.99. The molecule has 122 valence electrons. The number of hydrogen-bond acceptors (Lipinski definition) is 7. The Bertz CT molecular complexity index is 724. The highest BCUT2D eigenvalue weighted by atomic mass is 32.2. The molecule has 0 aliphatic heterocycles. The van der Waals surface area contributed by atoms with Crippen LogP contribution in [0.25, 0.3) is 0 Å². The summed E-state index contributed by atoms with van der Waals surface area (Å²) in [4.78, 5) is 22.3. The molecule has 2 aromatic rings. The minimum Gasteiger partial charge on any atom is -0.415 e. The Hall–Kier alpha value is -2.42. The first-order chi connectivity index (χ1) is 10.8. The van der Waals surface area contributed by atoms with E-state index in [-0.39, 0.29) is 33.7 Å². The summed E-state index contributed by atoms with van der Waals surface area (Å²) in [6, 6.07) is 5.96. The van der Waals surface area contributed by atoms with Crippen LogP contribution in [0.3, 0.4) is 0 Å². The van der Waals surface area contributed by atoms with Crippen LogP contribution in [0.2, 0.25) is 0 Å². The molecule has 1 N–H and O–H groups in total. The molecule has 8 nitrogen and oxygen atoms in total. The van der Waals surface area contributed by atoms with Gasteiger partial charge >= 0.3 is 0 Å². The molecule has 0 bridgehead atoms. The summed E-state index contributed by atoms with van der Waals surface area (Å²) in [7, 11) is 0. The van der Waals surface area contributed by atoms with Gasteiger partial charge in [0.2, 0.25) is 11.8 Å². The van der Waals surface area contributed by atoms with Gasteiger partial charge in [-0.05, 0) is 6.07 Å². The predicted molar refractivity (Wildman–Crippen MR) is 85.4 cm³/mol. The van der Waals surface area contributed by atoms with E-state index in [4.69, 9.17) is 4.42 Å². The number of carbonyl (C=O) groups is 1. The Morgan fingerprint density at radius 3 is 2.65 bits per heavy atom. The van der Waals surface area contributed by atoms with E-state index in [2.05, 4.69) is 15.5 Å². The van der Waals surface area contributed by atoms with Crippen LogP contribution in [0.1, 0.15) is 26.7 Å². The normalized spacial score (nSPS) is 11.3. The molecule has 1 heterocycles. The van der Waals surface area contributed by atoms with Gasteiger partial charge in [0.1, 0.15) is 5.69 Å². The molecule has 0 atom stereocenters. The van der Waals surface area contributed by atoms with E-state index < -0.39 is 4.92 Å². The quantitative estimate of drug-likeness (QED) is 0.507. The number of para-hydroxylation sites is 2. The van der Waals surface area contributed by atoms with Gasteiger partial charge in [0.25, 0.3) is 10.9 Å². The lowest BCUT2D eigenvalue weighted by molar-refractivity contribution is -0.383. The van der Waals surface area contributed by atoms with Gasteiger partial charge in [0.15, 0.2) is 0 Å². The minimum atomic E-state index is -0.545. The molecular formula is C14H16N4O4S. The van der Waals surface area contributed by atoms with E-state index in [1.807, 2.05) is 20.8 Å². The zero-order valence-corrected chi connectivity index (χ0v) is 13.7. The van der Waals surface area contributed by atoms with Crippen molar-refractivity contribution in [3.8, 4) is 0 Å². The molecule has 0 aliphatic rings. The molecule has 1 amide bonds. The molecule has 9 heteroatoms. The number of nitrogens with zero attached hydrogens (tertiary/aromatic N) is 3. The van der Waals surface area contributed by atoms with Gasteiger partial charge in [-0.15, -0.1) is 10.2 Å². The second-order valence-corrected chi connectivity index (χ2v) is 6.66. The molecule has 0 saturated heterocycles. The molecule has 0 radical (unpaired) electrons. The van der Waals surface area contributed by atoms with E-state index >= 15 is 0 Å². The molecule has 0 fully saturated rings. The van der Waals surface area contributed by atoms with E-state index in [0.29, 0.717) is 5.89 Å². The number of thioether (sulfide) groups is 1. The standard InChI is InChI=1S/C14H16N4O4S/c1-14(2,3)12-16-17-13(22-12)23-8-11(19)15-9-6-4-5-7-10(9)18(20)21/h4-7H,8H2,1-3H3,(H,15,19). The molecule has 0 spiro atoms. The molecule has 23 heavy (non-hydrogen) atoms. The van der Waals surface area contributed by atoms with Crippen LogP contribution in [-0.4, -0.2) is 26.8 Å². The number of amides is 1. The van der Waals surface area contributed by atoms with Crippen LogP contribution in [0.15, 0.2) is 33.9 Å². The third-order valence-corrected chi connectivity index (χ3v) is 3.57. The summed E-state index contributed by atoms with van der Waals surface area (Å²) in [5, 5.41) is 21.5. The van der Waals surface area contributed by atoms with E-state index in [1.54, 1.807) is 6.07 Å². The first kappa shape index (κ1) is 16.9. The Morgan fingerprint density at radius 1 is 1.35 bits per heavy atom. The van der Waals surface area contributed by atoms with Gasteiger partial charge in [-0.3, -0.25) is 14.9 Å². The zero-order valence-electron chi connectivity index (χ0n) is 12.9. The largest absolute Gasteiger partial charge is 0.415 e. The van der Waals surface area contributed by atoms with Crippen molar-refractivity contribution in [2.75, 3.05) is 11.1 Å². The van der Waals surface area contributed by atoms with Crippen LogP contribution in [-0.2, 0) is 10.2 Å². The molecular weight excluding hydrogens is 320 g/mol. The number of nitro groups is 1. The number of aromatic nitrogens is 2. The second-order valence-electron chi connectivity index (χ2n) is 5.73. The van der Waals surface area contributed by atoms with Crippen molar-refractivity contribution in [1.82, 2.24) is 10.2 Å². The fourth-order valence-corrected chi connectivity index (χ4v) is 2.19. The van der Waals surface area contributed by atoms with E-state index in [0.717, 1.165) is 11.8 Å². The Kier molecular flexibility index (Phi) is 4.99. The lowest BCUT2D eigenvalue weighted by Crippen LogP contribution is -2.15. The summed E-state index contributed by atoms with van der Waals surface area (Å²) < 4.78 is 5.46. The van der Waals surface area contributed by atoms with Gasteiger partial charge < -0.3 is 9.73 Å². The van der Waals surface area contributed by atoms with Crippen LogP contribution in [0.5, 0.6) is 0 Å². The van der Waals surface area contributed by atoms with Crippen molar-refractivity contribution >= 4 is 29.0 Å². The lowest BCUT2D eigenvalue weighted by atomic mass is 9.97. The van der Waals surface area contributed by atoms with Gasteiger partial charge in [-0.1, -0.05) is 44.7 Å². The van der Waals surface area contributed by atoms with Crippen LogP contribution in [0, 0.1) is 10.1 Å². The highest BCUT2D eigenvalue weighted by Crippen LogP contribution is 2.26. The average molecular weight is 336 g/mol. The third-order valence-electron chi connectivity index (χ3n) is 2.75. The van der Waals surface area contributed by atoms with Crippen LogP contribution < -0.4 is 5.32 Å². The first-order valence-corrected chi connectivity index (χ1v) is 7.76. The third kappa shape index (κ3) is 4.52. The second kappa shape index (κ2) is 6.78. The Morgan fingerprint density at radius 2 is 2.04 bits per heavy atom. The van der Waals surface area contributed by atoms with E-state index in [1.165, 1.54) is 18.2 Å². The van der Waals surface area contributed by atoms with Gasteiger partial charge in [-0.25, -0.2) is 0 Å². The maximum absolute atomic E-state index is 11.9. The van der Waals surface area contributed by atoms with Crippen molar-refractivity contribution in [1.29, 1.82) is 0 Å². The monoisotopic (exact) mass is 336 g/mol. The van der Waals surface area contributed by atoms with Crippen molar-refractivity contribution in [2.24, 2.45) is 0 Å². The number of rotatable bonds is 5. The number of hydrogen-bond donors (Lipinski definition) is 1. The van der Waals surface area contributed by atoms with E-state index in [9.17, 15) is 14.9 Å². The summed E-state index contributed by atoms with van der Waals surface area (Å²) in [6.07, 6.45) is 0. The summed E-state index contributed by atoms with van der Waals surface area (Å²) in [5.41, 5.74) is -0.263. The lowest BCUT2D eigenvalue weighted by Gasteiger charge is -2.10. The molecule has 0 aliphatic carbocycles. The molecule has 1 aromatic carbocycles. The number of nitro benzene ring substituents is 1. The fourth-order valence-electron chi connectivity index (χ4n) is 1.62. The van der Waals surface area contributed by atoms with Crippen molar-refractivity contribution in [3.63, 3.8) is 0 Å². The number of carbonyl (C=O) groups excluding carboxylic acids is 1. The van der Waals surface area contributed by atoms with Gasteiger partial charge in [0, 0.05) is 11.5 Å². The first-order valence-electron chi connectivity index (χ1n) is 6.77. The van der Waals surface area contributed by atoms with Gasteiger partial charge in [0.05, 0.1) is 10.7 Å². The molecule has 2 rings (SSSR count). The van der Waals surface area contributed by atoms with Crippen molar-refractivity contribution in [2.45, 2.75) is 31.4 Å². The number of nitrogens with one attached hydrogen (secondary N) is 1. The SMILES string of the molecule is CC(C)(C)c1nnc(SCC(=O)Nc2ccccc2[N+](=O)[O-])o1. The number of benzene rings is 1. The highest BCUT2D eigenvalue weighted by Gasteiger charge is 2.22. The summed E-state index contributed by atoms with van der Waals surface area (Å²) in [5.74, 6) is 0.108. The fraction of sp³-hybridized carbons (Fsp3) is 0.357. The maximum atomic E-state index is 11.9. The molecule has 0 unspecified atom stereocenters. The molecule has 0 saturated carbocycles. The Labute approximate surface area is 136 Å². The predicted octanol–water partition coefficient (Wildman–Crippen LogP) is 3.01. The summed E-state index contributed by atoms with van der Waals surface area (Å²) in [6.45, 7) is 5.82. The van der Waals surface area contributed by atoms with Crippen molar-refractivity contribution < 1.29 is 14.1 Å². The number of anilines is 1. The zero-order chi connectivity index (χ0) is 17.0. The van der Waals surface area contributed by atoms with Gasteiger partial charge in [-0.2, -0.15) is 0 Å². The maximum Gasteiger partial charge on any atom is 0.292 e. The van der Waals surface area contributed by atoms with Crippen LogP contribution >= 0.6 is 11.8 Å². The Balaban J connectivity index is 1.96. The summed E-state index contributed by atoms with van der Waals surface area (Å²) >= 11 is 1.08. The molecule has 1 aromatic heterocycles. The topological polar surface area (TPSA) is 111 Å². The average Bonchev–Trinajstić information content (AvgIpc) is 2.94. The van der Waals surface area contributed by atoms with Crippen LogP contribution in [0.4, 0.5) is 11.4 Å². The minimum absolute atomic E-state index is 0.0117. The van der Waals surface area contributed by atoms with Crippen molar-refractivity contribution in [3.05, 3.63) is 40.3 Å². The smallest absolute Gasteiger partial charge is 0.292 e.